The smallest absolute Gasteiger partial charge is 0.247 e. The third-order valence-corrected chi connectivity index (χ3v) is 2.86. The van der Waals surface area contributed by atoms with Crippen LogP contribution in [0.4, 0.5) is 5.69 Å². The van der Waals surface area contributed by atoms with Gasteiger partial charge in [-0.25, -0.2) is 0 Å². The second-order valence-corrected chi connectivity index (χ2v) is 4.23. The maximum absolute atomic E-state index is 11.1. The number of nitrogens with one attached hydrogen (secondary N) is 1. The van der Waals surface area contributed by atoms with Crippen molar-refractivity contribution in [1.29, 1.82) is 0 Å². The van der Waals surface area contributed by atoms with E-state index in [4.69, 9.17) is 4.74 Å². The highest BCUT2D eigenvalue weighted by Gasteiger charge is 2.05. The first-order valence-electron chi connectivity index (χ1n) is 6.11. The number of carbonyl (C=O) groups excluding carboxylic acids is 1. The van der Waals surface area contributed by atoms with Crippen LogP contribution >= 0.6 is 0 Å². The largest absolute Gasteiger partial charge is 0.486 e. The molecular weight excluding hydrogens is 256 g/mol. The molecule has 1 aromatic heterocycles. The predicted octanol–water partition coefficient (Wildman–Crippen LogP) is 1.83. The van der Waals surface area contributed by atoms with Crippen LogP contribution in [0.15, 0.2) is 36.9 Å². The Morgan fingerprint density at radius 3 is 2.65 bits per heavy atom. The van der Waals surface area contributed by atoms with E-state index in [1.807, 2.05) is 18.5 Å². The molecule has 0 aliphatic carbocycles. The maximum Gasteiger partial charge on any atom is 0.247 e. The molecule has 0 aliphatic rings. The fourth-order valence-electron chi connectivity index (χ4n) is 1.55. The molecule has 2 aromatic rings. The molecule has 0 atom stereocenters. The van der Waals surface area contributed by atoms with Crippen molar-refractivity contribution in [2.24, 2.45) is 7.05 Å². The summed E-state index contributed by atoms with van der Waals surface area (Å²) >= 11 is 0. The lowest BCUT2D eigenvalue weighted by molar-refractivity contribution is -0.111. The molecule has 6 nitrogen and oxygen atoms in total. The zero-order valence-corrected chi connectivity index (χ0v) is 11.5. The molecule has 20 heavy (non-hydrogen) atoms. The van der Waals surface area contributed by atoms with E-state index in [1.54, 1.807) is 24.3 Å². The van der Waals surface area contributed by atoms with E-state index in [0.29, 0.717) is 18.0 Å². The van der Waals surface area contributed by atoms with Gasteiger partial charge in [-0.05, 0) is 37.3 Å². The zero-order valence-electron chi connectivity index (χ0n) is 11.5. The lowest BCUT2D eigenvalue weighted by atomic mass is 10.3. The molecule has 6 heteroatoms. The number of carbonyl (C=O) groups is 1. The predicted molar refractivity (Wildman–Crippen MR) is 75.3 cm³/mol. The van der Waals surface area contributed by atoms with Crippen molar-refractivity contribution in [2.75, 3.05) is 5.32 Å². The number of nitrogens with zero attached hydrogens (tertiary/aromatic N) is 3. The normalized spacial score (nSPS) is 10.1. The average Bonchev–Trinajstić information content (AvgIpc) is 2.78. The number of benzene rings is 1. The molecule has 1 N–H and O–H groups in total. The lowest BCUT2D eigenvalue weighted by Gasteiger charge is -2.07. The van der Waals surface area contributed by atoms with Gasteiger partial charge >= 0.3 is 0 Å². The summed E-state index contributed by atoms with van der Waals surface area (Å²) in [5.74, 6) is 2.05. The highest BCUT2D eigenvalue weighted by molar-refractivity contribution is 5.98. The number of anilines is 1. The molecule has 0 spiro atoms. The van der Waals surface area contributed by atoms with Gasteiger partial charge in [-0.2, -0.15) is 0 Å². The molecule has 1 amide bonds. The molecule has 0 aliphatic heterocycles. The van der Waals surface area contributed by atoms with Gasteiger partial charge in [0.05, 0.1) is 0 Å². The molecule has 2 rings (SSSR count). The summed E-state index contributed by atoms with van der Waals surface area (Å²) in [6, 6.07) is 7.08. The summed E-state index contributed by atoms with van der Waals surface area (Å²) in [5.41, 5.74) is 0.691. The van der Waals surface area contributed by atoms with Gasteiger partial charge in [-0.15, -0.1) is 10.2 Å². The SMILES string of the molecule is C=CC(=O)Nc1ccc(OCc2nnc(C)n2C)cc1. The third kappa shape index (κ3) is 3.23. The van der Waals surface area contributed by atoms with Gasteiger partial charge in [0.15, 0.2) is 5.82 Å². The summed E-state index contributed by atoms with van der Waals surface area (Å²) in [6.07, 6.45) is 1.22. The summed E-state index contributed by atoms with van der Waals surface area (Å²) in [4.78, 5) is 11.1. The van der Waals surface area contributed by atoms with E-state index >= 15 is 0 Å². The van der Waals surface area contributed by atoms with Crippen molar-refractivity contribution in [1.82, 2.24) is 14.8 Å². The third-order valence-electron chi connectivity index (χ3n) is 2.86. The molecule has 1 aromatic carbocycles. The Balaban J connectivity index is 1.95. The van der Waals surface area contributed by atoms with Crippen LogP contribution in [0.5, 0.6) is 5.75 Å². The number of hydrogen-bond donors (Lipinski definition) is 1. The molecule has 0 bridgehead atoms. The molecule has 0 saturated carbocycles. The Bertz CT molecular complexity index is 617. The zero-order chi connectivity index (χ0) is 14.5. The van der Waals surface area contributed by atoms with Gasteiger partial charge in [-0.1, -0.05) is 6.58 Å². The molecule has 1 heterocycles. The van der Waals surface area contributed by atoms with Gasteiger partial charge < -0.3 is 14.6 Å². The first-order valence-corrected chi connectivity index (χ1v) is 6.11. The minimum Gasteiger partial charge on any atom is -0.486 e. The van der Waals surface area contributed by atoms with Gasteiger partial charge in [-0.3, -0.25) is 4.79 Å². The molecule has 0 radical (unpaired) electrons. The first-order chi connectivity index (χ1) is 9.60. The van der Waals surface area contributed by atoms with E-state index in [0.717, 1.165) is 11.6 Å². The minimum absolute atomic E-state index is 0.242. The molecule has 0 unspecified atom stereocenters. The van der Waals surface area contributed by atoms with Gasteiger partial charge in [0.2, 0.25) is 5.91 Å². The minimum atomic E-state index is -0.242. The topological polar surface area (TPSA) is 69.0 Å². The summed E-state index contributed by atoms with van der Waals surface area (Å²) in [7, 11) is 1.89. The Kier molecular flexibility index (Phi) is 4.14. The van der Waals surface area contributed by atoms with Crippen LogP contribution in [-0.2, 0) is 18.4 Å². The van der Waals surface area contributed by atoms with Crippen molar-refractivity contribution >= 4 is 11.6 Å². The van der Waals surface area contributed by atoms with E-state index in [-0.39, 0.29) is 5.91 Å². The average molecular weight is 272 g/mol. The molecule has 0 fully saturated rings. The van der Waals surface area contributed by atoms with Crippen LogP contribution in [0.3, 0.4) is 0 Å². The standard InChI is InChI=1S/C14H16N4O2/c1-4-14(19)15-11-5-7-12(8-6-11)20-9-13-17-16-10(2)18(13)3/h4-8H,1,9H2,2-3H3,(H,15,19). The monoisotopic (exact) mass is 272 g/mol. The highest BCUT2D eigenvalue weighted by atomic mass is 16.5. The quantitative estimate of drug-likeness (QED) is 0.843. The van der Waals surface area contributed by atoms with Crippen LogP contribution in [0.25, 0.3) is 0 Å². The van der Waals surface area contributed by atoms with Crippen LogP contribution in [0, 0.1) is 6.92 Å². The number of amides is 1. The van der Waals surface area contributed by atoms with E-state index in [1.165, 1.54) is 6.08 Å². The number of rotatable bonds is 5. The van der Waals surface area contributed by atoms with Crippen molar-refractivity contribution in [2.45, 2.75) is 13.5 Å². The molecule has 0 saturated heterocycles. The van der Waals surface area contributed by atoms with E-state index in [2.05, 4.69) is 22.1 Å². The Hall–Kier alpha value is -2.63. The molecule has 104 valence electrons. The summed E-state index contributed by atoms with van der Waals surface area (Å²) < 4.78 is 7.49. The summed E-state index contributed by atoms with van der Waals surface area (Å²) in [5, 5.41) is 10.6. The van der Waals surface area contributed by atoms with Gasteiger partial charge in [0, 0.05) is 12.7 Å². The number of hydrogen-bond acceptors (Lipinski definition) is 4. The van der Waals surface area contributed by atoms with Crippen LogP contribution in [0.1, 0.15) is 11.6 Å². The second kappa shape index (κ2) is 6.01. The van der Waals surface area contributed by atoms with Crippen molar-refractivity contribution in [3.63, 3.8) is 0 Å². The van der Waals surface area contributed by atoms with Crippen LogP contribution in [0.2, 0.25) is 0 Å². The Morgan fingerprint density at radius 2 is 2.10 bits per heavy atom. The molecular formula is C14H16N4O2. The number of aryl methyl sites for hydroxylation is 1. The highest BCUT2D eigenvalue weighted by Crippen LogP contribution is 2.16. The van der Waals surface area contributed by atoms with Crippen molar-refractivity contribution < 1.29 is 9.53 Å². The van der Waals surface area contributed by atoms with Crippen molar-refractivity contribution in [3.8, 4) is 5.75 Å². The Morgan fingerprint density at radius 1 is 1.40 bits per heavy atom. The van der Waals surface area contributed by atoms with Crippen LogP contribution < -0.4 is 10.1 Å². The van der Waals surface area contributed by atoms with Gasteiger partial charge in [0.1, 0.15) is 18.2 Å². The van der Waals surface area contributed by atoms with E-state index < -0.39 is 0 Å². The van der Waals surface area contributed by atoms with E-state index in [9.17, 15) is 4.79 Å². The second-order valence-electron chi connectivity index (χ2n) is 4.23. The maximum atomic E-state index is 11.1. The number of aromatic nitrogens is 3. The first kappa shape index (κ1) is 13.8. The number of ether oxygens (including phenoxy) is 1. The Labute approximate surface area is 117 Å². The lowest BCUT2D eigenvalue weighted by Crippen LogP contribution is -2.07. The fraction of sp³-hybridized carbons (Fsp3) is 0.214. The van der Waals surface area contributed by atoms with Crippen molar-refractivity contribution in [3.05, 3.63) is 48.6 Å². The van der Waals surface area contributed by atoms with Gasteiger partial charge in [0.25, 0.3) is 0 Å². The fourth-order valence-corrected chi connectivity index (χ4v) is 1.55. The summed E-state index contributed by atoms with van der Waals surface area (Å²) in [6.45, 7) is 5.62. The van der Waals surface area contributed by atoms with Crippen LogP contribution in [-0.4, -0.2) is 20.7 Å².